The van der Waals surface area contributed by atoms with E-state index in [9.17, 15) is 4.79 Å². The van der Waals surface area contributed by atoms with Gasteiger partial charge in [-0.3, -0.25) is 4.79 Å². The van der Waals surface area contributed by atoms with Crippen molar-refractivity contribution in [3.8, 4) is 5.75 Å². The second-order valence-electron chi connectivity index (χ2n) is 4.03. The predicted molar refractivity (Wildman–Crippen MR) is 75.5 cm³/mol. The molecule has 106 valence electrons. The Morgan fingerprint density at radius 3 is 2.84 bits per heavy atom. The summed E-state index contributed by atoms with van der Waals surface area (Å²) in [5, 5.41) is 0. The summed E-state index contributed by atoms with van der Waals surface area (Å²) in [7, 11) is 1.60. The molecule has 1 amide bonds. The van der Waals surface area contributed by atoms with Crippen molar-refractivity contribution in [3.05, 3.63) is 24.3 Å². The van der Waals surface area contributed by atoms with Gasteiger partial charge in [-0.25, -0.2) is 0 Å². The summed E-state index contributed by atoms with van der Waals surface area (Å²) in [4.78, 5) is 13.8. The number of carbonyl (C=O) groups excluding carboxylic acids is 1. The first kappa shape index (κ1) is 15.5. The summed E-state index contributed by atoms with van der Waals surface area (Å²) in [5.74, 6) is 0.656. The van der Waals surface area contributed by atoms with Gasteiger partial charge in [0, 0.05) is 24.9 Å². The zero-order valence-electron chi connectivity index (χ0n) is 11.6. The van der Waals surface area contributed by atoms with E-state index < -0.39 is 0 Å². The Labute approximate surface area is 114 Å². The molecule has 0 unspecified atom stereocenters. The largest absolute Gasteiger partial charge is 0.497 e. The molecule has 0 aliphatic heterocycles. The number of ether oxygens (including phenoxy) is 2. The van der Waals surface area contributed by atoms with Gasteiger partial charge in [-0.05, 0) is 32.0 Å². The fourth-order valence-electron chi connectivity index (χ4n) is 1.69. The van der Waals surface area contributed by atoms with Crippen LogP contribution in [0.3, 0.4) is 0 Å². The summed E-state index contributed by atoms with van der Waals surface area (Å²) in [6.07, 6.45) is 0.745. The monoisotopic (exact) mass is 266 g/mol. The number of benzene rings is 1. The molecule has 1 aromatic rings. The molecule has 0 bridgehead atoms. The molecular formula is C14H22N2O3. The van der Waals surface area contributed by atoms with Crippen molar-refractivity contribution in [3.63, 3.8) is 0 Å². The number of rotatable bonds is 8. The molecule has 0 atom stereocenters. The minimum atomic E-state index is -0.0662. The van der Waals surface area contributed by atoms with E-state index in [2.05, 4.69) is 0 Å². The number of anilines is 1. The van der Waals surface area contributed by atoms with Gasteiger partial charge in [-0.15, -0.1) is 0 Å². The molecule has 0 aliphatic rings. The van der Waals surface area contributed by atoms with E-state index in [0.29, 0.717) is 19.7 Å². The molecule has 0 aliphatic carbocycles. The molecule has 0 heterocycles. The number of methoxy groups -OCH3 is 1. The standard InChI is InChI=1S/C14H22N2O3/c1-3-19-11-14(17)16(9-5-8-15)12-6-4-7-13(10-12)18-2/h4,6-7,10H,3,5,8-9,11,15H2,1-2H3. The zero-order chi connectivity index (χ0) is 14.1. The van der Waals surface area contributed by atoms with Gasteiger partial charge in [0.05, 0.1) is 7.11 Å². The van der Waals surface area contributed by atoms with Crippen LogP contribution >= 0.6 is 0 Å². The molecule has 5 heteroatoms. The van der Waals surface area contributed by atoms with Crippen molar-refractivity contribution < 1.29 is 14.3 Å². The van der Waals surface area contributed by atoms with Crippen LogP contribution in [0.25, 0.3) is 0 Å². The number of hydrogen-bond donors (Lipinski definition) is 1. The number of hydrogen-bond acceptors (Lipinski definition) is 4. The second-order valence-corrected chi connectivity index (χ2v) is 4.03. The second kappa shape index (κ2) is 8.50. The number of nitrogens with zero attached hydrogens (tertiary/aromatic N) is 1. The molecule has 1 aromatic carbocycles. The molecule has 0 saturated heterocycles. The Hall–Kier alpha value is -1.59. The van der Waals surface area contributed by atoms with Crippen molar-refractivity contribution in [1.82, 2.24) is 0 Å². The average molecular weight is 266 g/mol. The van der Waals surface area contributed by atoms with E-state index in [0.717, 1.165) is 17.9 Å². The van der Waals surface area contributed by atoms with Crippen LogP contribution in [0.1, 0.15) is 13.3 Å². The smallest absolute Gasteiger partial charge is 0.252 e. The summed E-state index contributed by atoms with van der Waals surface area (Å²) >= 11 is 0. The van der Waals surface area contributed by atoms with Crippen molar-refractivity contribution in [2.45, 2.75) is 13.3 Å². The topological polar surface area (TPSA) is 64.8 Å². The van der Waals surface area contributed by atoms with Crippen LogP contribution < -0.4 is 15.4 Å². The van der Waals surface area contributed by atoms with Crippen molar-refractivity contribution in [1.29, 1.82) is 0 Å². The summed E-state index contributed by atoms with van der Waals surface area (Å²) in [6, 6.07) is 7.42. The molecule has 0 aromatic heterocycles. The van der Waals surface area contributed by atoms with Gasteiger partial charge in [-0.2, -0.15) is 0 Å². The number of amides is 1. The number of nitrogens with two attached hydrogens (primary N) is 1. The molecule has 0 fully saturated rings. The van der Waals surface area contributed by atoms with E-state index in [-0.39, 0.29) is 12.5 Å². The highest BCUT2D eigenvalue weighted by atomic mass is 16.5. The maximum absolute atomic E-state index is 12.1. The van der Waals surface area contributed by atoms with Gasteiger partial charge >= 0.3 is 0 Å². The zero-order valence-corrected chi connectivity index (χ0v) is 11.6. The molecule has 2 N–H and O–H groups in total. The predicted octanol–water partition coefficient (Wildman–Crippen LogP) is 1.41. The Kier molecular flexibility index (Phi) is 6.92. The summed E-state index contributed by atoms with van der Waals surface area (Å²) < 4.78 is 10.4. The van der Waals surface area contributed by atoms with Crippen LogP contribution in [-0.2, 0) is 9.53 Å². The highest BCUT2D eigenvalue weighted by Gasteiger charge is 2.15. The molecule has 5 nitrogen and oxygen atoms in total. The average Bonchev–Trinajstić information content (AvgIpc) is 2.45. The van der Waals surface area contributed by atoms with E-state index in [1.807, 2.05) is 31.2 Å². The van der Waals surface area contributed by atoms with E-state index in [1.54, 1.807) is 12.0 Å². The minimum absolute atomic E-state index is 0.0662. The molecule has 1 rings (SSSR count). The van der Waals surface area contributed by atoms with E-state index >= 15 is 0 Å². The Bertz CT molecular complexity index is 396. The highest BCUT2D eigenvalue weighted by molar-refractivity contribution is 5.94. The molecule has 19 heavy (non-hydrogen) atoms. The SMILES string of the molecule is CCOCC(=O)N(CCCN)c1cccc(OC)c1. The fraction of sp³-hybridized carbons (Fsp3) is 0.500. The lowest BCUT2D eigenvalue weighted by Crippen LogP contribution is -2.35. The van der Waals surface area contributed by atoms with Crippen LogP contribution in [0.5, 0.6) is 5.75 Å². The third-order valence-corrected chi connectivity index (χ3v) is 2.68. The van der Waals surface area contributed by atoms with Gasteiger partial charge in [0.1, 0.15) is 12.4 Å². The lowest BCUT2D eigenvalue weighted by Gasteiger charge is -2.23. The first-order valence-corrected chi connectivity index (χ1v) is 6.45. The molecule has 0 radical (unpaired) electrons. The maximum Gasteiger partial charge on any atom is 0.252 e. The van der Waals surface area contributed by atoms with Gasteiger partial charge in [-0.1, -0.05) is 6.07 Å². The Balaban J connectivity index is 2.84. The maximum atomic E-state index is 12.1. The highest BCUT2D eigenvalue weighted by Crippen LogP contribution is 2.21. The van der Waals surface area contributed by atoms with Crippen LogP contribution in [0, 0.1) is 0 Å². The molecular weight excluding hydrogens is 244 g/mol. The fourth-order valence-corrected chi connectivity index (χ4v) is 1.69. The van der Waals surface area contributed by atoms with Gasteiger partial charge in [0.15, 0.2) is 0 Å². The van der Waals surface area contributed by atoms with Crippen molar-refractivity contribution in [2.75, 3.05) is 38.3 Å². The summed E-state index contributed by atoms with van der Waals surface area (Å²) in [5.41, 5.74) is 6.32. The normalized spacial score (nSPS) is 10.3. The van der Waals surface area contributed by atoms with Crippen LogP contribution in [0.2, 0.25) is 0 Å². The molecule has 0 saturated carbocycles. The van der Waals surface area contributed by atoms with Crippen LogP contribution in [-0.4, -0.2) is 39.3 Å². The van der Waals surface area contributed by atoms with E-state index in [1.165, 1.54) is 0 Å². The lowest BCUT2D eigenvalue weighted by molar-refractivity contribution is -0.122. The van der Waals surface area contributed by atoms with Crippen molar-refractivity contribution >= 4 is 11.6 Å². The van der Waals surface area contributed by atoms with E-state index in [4.69, 9.17) is 15.2 Å². The third kappa shape index (κ3) is 4.89. The summed E-state index contributed by atoms with van der Waals surface area (Å²) in [6.45, 7) is 3.59. The first-order chi connectivity index (χ1) is 9.22. The van der Waals surface area contributed by atoms with Gasteiger partial charge in [0.25, 0.3) is 5.91 Å². The first-order valence-electron chi connectivity index (χ1n) is 6.45. The van der Waals surface area contributed by atoms with Crippen LogP contribution in [0.15, 0.2) is 24.3 Å². The number of carbonyl (C=O) groups is 1. The van der Waals surface area contributed by atoms with Crippen molar-refractivity contribution in [2.24, 2.45) is 5.73 Å². The third-order valence-electron chi connectivity index (χ3n) is 2.68. The lowest BCUT2D eigenvalue weighted by atomic mass is 10.2. The van der Waals surface area contributed by atoms with Crippen LogP contribution in [0.4, 0.5) is 5.69 Å². The minimum Gasteiger partial charge on any atom is -0.497 e. The van der Waals surface area contributed by atoms with Gasteiger partial charge < -0.3 is 20.1 Å². The Morgan fingerprint density at radius 2 is 2.21 bits per heavy atom. The quantitative estimate of drug-likeness (QED) is 0.772. The molecule has 0 spiro atoms. The van der Waals surface area contributed by atoms with Gasteiger partial charge in [0.2, 0.25) is 0 Å². The Morgan fingerprint density at radius 1 is 1.42 bits per heavy atom.